The fourth-order valence-corrected chi connectivity index (χ4v) is 1.87. The molecule has 4 rings (SSSR count). The monoisotopic (exact) mass is 192 g/mol. The summed E-state index contributed by atoms with van der Waals surface area (Å²) in [6, 6.07) is 0.344. The van der Waals surface area contributed by atoms with Crippen LogP contribution in [-0.2, 0) is 0 Å². The van der Waals surface area contributed by atoms with Gasteiger partial charge in [0.25, 0.3) is 0 Å². The van der Waals surface area contributed by atoms with E-state index in [9.17, 15) is 0 Å². The second-order valence-electron chi connectivity index (χ2n) is 3.23. The second-order valence-corrected chi connectivity index (χ2v) is 3.65. The summed E-state index contributed by atoms with van der Waals surface area (Å²) < 4.78 is 0. The van der Waals surface area contributed by atoms with Crippen molar-refractivity contribution in [2.24, 2.45) is 10.7 Å². The first-order chi connectivity index (χ1) is 6.25. The van der Waals surface area contributed by atoms with Gasteiger partial charge in [-0.25, -0.2) is 0 Å². The Balaban J connectivity index is 1.97. The molecule has 2 bridgehead atoms. The molecule has 13 heavy (non-hydrogen) atoms. The van der Waals surface area contributed by atoms with Crippen LogP contribution in [0.2, 0.25) is 0 Å². The van der Waals surface area contributed by atoms with E-state index in [1.54, 1.807) is 4.90 Å². The molecule has 4 heterocycles. The highest BCUT2D eigenvalue weighted by molar-refractivity contribution is 7.80. The molecule has 4 nitrogen and oxygen atoms in total. The fraction of sp³-hybridized carbons (Fsp3) is 0.250. The molecule has 0 amide bonds. The summed E-state index contributed by atoms with van der Waals surface area (Å²) in [6.45, 7) is 0. The van der Waals surface area contributed by atoms with E-state index in [0.717, 1.165) is 12.3 Å². The first kappa shape index (κ1) is 7.08. The molecule has 0 radical (unpaired) electrons. The molecule has 2 N–H and O–H groups in total. The molecule has 1 unspecified atom stereocenters. The van der Waals surface area contributed by atoms with E-state index in [-0.39, 0.29) is 0 Å². The third-order valence-corrected chi connectivity index (χ3v) is 2.69. The largest absolute Gasteiger partial charge is 0.376 e. The molecule has 5 heteroatoms. The first-order valence-electron chi connectivity index (χ1n) is 4.09. The van der Waals surface area contributed by atoms with E-state index in [1.807, 2.05) is 18.6 Å². The van der Waals surface area contributed by atoms with Gasteiger partial charge in [-0.2, -0.15) is 0 Å². The number of aliphatic imine (C=N–C) groups is 1. The fourth-order valence-electron chi connectivity index (χ4n) is 1.76. The van der Waals surface area contributed by atoms with Crippen molar-refractivity contribution in [1.82, 2.24) is 9.80 Å². The normalized spacial score (nSPS) is 27.8. The third-order valence-electron chi connectivity index (χ3n) is 2.48. The lowest BCUT2D eigenvalue weighted by Crippen LogP contribution is -2.31. The number of hydrogen-bond acceptors (Lipinski definition) is 3. The van der Waals surface area contributed by atoms with Gasteiger partial charge in [-0.15, -0.1) is 0 Å². The van der Waals surface area contributed by atoms with Gasteiger partial charge in [-0.05, 0) is 12.2 Å². The molecular formula is C8H8N4S. The van der Waals surface area contributed by atoms with E-state index in [2.05, 4.69) is 9.89 Å². The maximum absolute atomic E-state index is 5.51. The number of amidine groups is 1. The number of thiocarbonyl (C=S) groups is 1. The van der Waals surface area contributed by atoms with Gasteiger partial charge in [0.2, 0.25) is 0 Å². The summed E-state index contributed by atoms with van der Waals surface area (Å²) in [5, 5.41) is 0.373. The molecule has 0 aromatic heterocycles. The molecule has 1 fully saturated rings. The van der Waals surface area contributed by atoms with Gasteiger partial charge in [0.15, 0.2) is 5.11 Å². The Labute approximate surface area is 81.0 Å². The van der Waals surface area contributed by atoms with E-state index in [1.165, 1.54) is 5.70 Å². The Morgan fingerprint density at radius 1 is 1.62 bits per heavy atom. The van der Waals surface area contributed by atoms with Crippen LogP contribution in [0.15, 0.2) is 29.3 Å². The molecule has 0 aromatic rings. The Morgan fingerprint density at radius 3 is 3.08 bits per heavy atom. The lowest BCUT2D eigenvalue weighted by atomic mass is 10.1. The zero-order valence-corrected chi connectivity index (χ0v) is 7.66. The van der Waals surface area contributed by atoms with Crippen LogP contribution < -0.4 is 5.73 Å². The molecule has 4 aliphatic rings. The van der Waals surface area contributed by atoms with Gasteiger partial charge in [0.05, 0.1) is 5.70 Å². The van der Waals surface area contributed by atoms with Gasteiger partial charge in [0, 0.05) is 25.0 Å². The summed E-state index contributed by atoms with van der Waals surface area (Å²) in [4.78, 5) is 8.23. The Morgan fingerprint density at radius 2 is 2.38 bits per heavy atom. The van der Waals surface area contributed by atoms with Gasteiger partial charge in [-0.3, -0.25) is 9.89 Å². The van der Waals surface area contributed by atoms with E-state index in [0.29, 0.717) is 11.2 Å². The topological polar surface area (TPSA) is 44.9 Å². The van der Waals surface area contributed by atoms with E-state index >= 15 is 0 Å². The maximum atomic E-state index is 5.51. The van der Waals surface area contributed by atoms with Crippen molar-refractivity contribution >= 4 is 23.2 Å². The van der Waals surface area contributed by atoms with Gasteiger partial charge in [0.1, 0.15) is 11.9 Å². The zero-order valence-electron chi connectivity index (χ0n) is 6.84. The van der Waals surface area contributed by atoms with Crippen molar-refractivity contribution in [3.63, 3.8) is 0 Å². The van der Waals surface area contributed by atoms with Gasteiger partial charge >= 0.3 is 0 Å². The molecular weight excluding hydrogens is 184 g/mol. The quantitative estimate of drug-likeness (QED) is 0.562. The lowest BCUT2D eigenvalue weighted by Gasteiger charge is -2.22. The standard InChI is InChI=1S/C8H8N4S/c9-8(13)11-1-2-12-6(4-11)5-3-7(12)10-5/h1-2,4-5H,3H2,(H2,9,13). The summed E-state index contributed by atoms with van der Waals surface area (Å²) in [5.74, 6) is 1.15. The molecule has 4 aliphatic heterocycles. The van der Waals surface area contributed by atoms with Crippen LogP contribution in [0, 0.1) is 0 Å². The minimum absolute atomic E-state index is 0.344. The SMILES string of the molecule is NC(=S)N1C=CN2C(=C1)C1CC2=N1. The minimum Gasteiger partial charge on any atom is -0.376 e. The number of nitrogens with zero attached hydrogens (tertiary/aromatic N) is 3. The summed E-state index contributed by atoms with van der Waals surface area (Å²) in [7, 11) is 0. The average Bonchev–Trinajstić information content (AvgIpc) is 2.53. The third kappa shape index (κ3) is 0.793. The smallest absolute Gasteiger partial charge is 0.174 e. The molecule has 1 saturated heterocycles. The highest BCUT2D eigenvalue weighted by Gasteiger charge is 2.41. The predicted octanol–water partition coefficient (Wildman–Crippen LogP) is 0.345. The number of nitrogens with two attached hydrogens (primary N) is 1. The van der Waals surface area contributed by atoms with Crippen molar-refractivity contribution in [2.75, 3.05) is 0 Å². The molecule has 1 atom stereocenters. The van der Waals surface area contributed by atoms with Crippen LogP contribution in [0.4, 0.5) is 0 Å². The molecule has 0 aliphatic carbocycles. The Bertz CT molecular complexity index is 382. The number of hydrogen-bond donors (Lipinski definition) is 1. The highest BCUT2D eigenvalue weighted by atomic mass is 32.1. The van der Waals surface area contributed by atoms with Crippen molar-refractivity contribution in [2.45, 2.75) is 12.5 Å². The summed E-state index contributed by atoms with van der Waals surface area (Å²) in [6.07, 6.45) is 6.83. The van der Waals surface area contributed by atoms with Crippen LogP contribution >= 0.6 is 12.2 Å². The molecule has 0 spiro atoms. The van der Waals surface area contributed by atoms with Crippen LogP contribution in [0.5, 0.6) is 0 Å². The van der Waals surface area contributed by atoms with Crippen LogP contribution in [0.25, 0.3) is 0 Å². The highest BCUT2D eigenvalue weighted by Crippen LogP contribution is 2.37. The Kier molecular flexibility index (Phi) is 1.15. The molecule has 0 aromatic carbocycles. The summed E-state index contributed by atoms with van der Waals surface area (Å²) in [5.41, 5.74) is 6.70. The van der Waals surface area contributed by atoms with Crippen LogP contribution in [0.1, 0.15) is 6.42 Å². The van der Waals surface area contributed by atoms with E-state index in [4.69, 9.17) is 18.0 Å². The van der Waals surface area contributed by atoms with Crippen molar-refractivity contribution in [3.8, 4) is 0 Å². The zero-order chi connectivity index (χ0) is 9.00. The average molecular weight is 192 g/mol. The van der Waals surface area contributed by atoms with Crippen molar-refractivity contribution in [1.29, 1.82) is 0 Å². The second kappa shape index (κ2) is 2.11. The van der Waals surface area contributed by atoms with Crippen LogP contribution in [-0.4, -0.2) is 26.8 Å². The maximum Gasteiger partial charge on any atom is 0.174 e. The van der Waals surface area contributed by atoms with Gasteiger partial charge < -0.3 is 10.6 Å². The Hall–Kier alpha value is -1.36. The lowest BCUT2D eigenvalue weighted by molar-refractivity contribution is 0.610. The molecule has 66 valence electrons. The van der Waals surface area contributed by atoms with Gasteiger partial charge in [-0.1, -0.05) is 0 Å². The summed E-state index contributed by atoms with van der Waals surface area (Å²) >= 11 is 4.88. The van der Waals surface area contributed by atoms with Crippen molar-refractivity contribution in [3.05, 3.63) is 24.3 Å². The number of rotatable bonds is 0. The van der Waals surface area contributed by atoms with Crippen molar-refractivity contribution < 1.29 is 0 Å². The molecule has 0 saturated carbocycles. The predicted molar refractivity (Wildman–Crippen MR) is 53.5 cm³/mol. The van der Waals surface area contributed by atoms with Crippen LogP contribution in [0.3, 0.4) is 0 Å². The minimum atomic E-state index is 0.344. The van der Waals surface area contributed by atoms with E-state index < -0.39 is 0 Å². The first-order valence-corrected chi connectivity index (χ1v) is 4.50.